The Hall–Kier alpha value is -0.000000000000000111. The fourth-order valence-corrected chi connectivity index (χ4v) is 3.22. The first-order valence-electron chi connectivity index (χ1n) is 3.25. The van der Waals surface area contributed by atoms with Crippen LogP contribution in [0.2, 0.25) is 5.02 Å². The van der Waals surface area contributed by atoms with Crippen LogP contribution in [0.1, 0.15) is 0 Å². The lowest BCUT2D eigenvalue weighted by molar-refractivity contribution is 0.476. The quantitative estimate of drug-likeness (QED) is 0.733. The second-order valence-corrected chi connectivity index (χ2v) is 5.61. The molecule has 0 saturated heterocycles. The van der Waals surface area contributed by atoms with Crippen molar-refractivity contribution in [2.45, 2.75) is 0 Å². The number of benzene rings is 1. The molecule has 0 radical (unpaired) electrons. The Morgan fingerprint density at radius 3 is 2.92 bits per heavy atom. The lowest BCUT2D eigenvalue weighted by Gasteiger charge is -1.90. The summed E-state index contributed by atoms with van der Waals surface area (Å²) in [6.45, 7) is 0. The molecule has 0 saturated carbocycles. The zero-order valence-corrected chi connectivity index (χ0v) is 9.57. The first-order chi connectivity index (χ1) is 5.68. The first-order valence-corrected chi connectivity index (χ1v) is 5.52. The van der Waals surface area contributed by atoms with Gasteiger partial charge in [0.25, 0.3) is 0 Å². The summed E-state index contributed by atoms with van der Waals surface area (Å²) in [4.78, 5) is 0. The number of thiophene rings is 1. The van der Waals surface area contributed by atoms with Crippen molar-refractivity contribution >= 4 is 55.6 Å². The first kappa shape index (κ1) is 8.59. The largest absolute Gasteiger partial charge is 0.508 e. The average Bonchev–Trinajstić information content (AvgIpc) is 2.28. The van der Waals surface area contributed by atoms with E-state index >= 15 is 0 Å². The van der Waals surface area contributed by atoms with Crippen LogP contribution in [0.5, 0.6) is 5.75 Å². The predicted octanol–water partition coefficient (Wildman–Crippen LogP) is 3.86. The Morgan fingerprint density at radius 1 is 1.42 bits per heavy atom. The smallest absolute Gasteiger partial charge is 0.117 e. The van der Waals surface area contributed by atoms with Crippen LogP contribution in [-0.2, 0) is 0 Å². The Kier molecular flexibility index (Phi) is 2.18. The van der Waals surface area contributed by atoms with Gasteiger partial charge in [-0.15, -0.1) is 11.3 Å². The van der Waals surface area contributed by atoms with Gasteiger partial charge in [0.05, 0.1) is 7.91 Å². The molecule has 1 aromatic heterocycles. The zero-order valence-electron chi connectivity index (χ0n) is 5.84. The standard InChI is InChI=1S/C8H4ClIOS/c9-7-5-2-1-4(11)3-6(5)12-8(7)10/h1-3,11H. The number of phenolic OH excluding ortho intramolecular Hbond substituents is 1. The highest BCUT2D eigenvalue weighted by molar-refractivity contribution is 14.1. The van der Waals surface area contributed by atoms with E-state index in [-0.39, 0.29) is 5.75 Å². The molecule has 0 aliphatic heterocycles. The van der Waals surface area contributed by atoms with E-state index in [0.29, 0.717) is 0 Å². The van der Waals surface area contributed by atoms with Crippen molar-refractivity contribution in [1.82, 2.24) is 0 Å². The highest BCUT2D eigenvalue weighted by Crippen LogP contribution is 2.37. The van der Waals surface area contributed by atoms with Gasteiger partial charge in [-0.25, -0.2) is 0 Å². The van der Waals surface area contributed by atoms with Crippen molar-refractivity contribution in [3.63, 3.8) is 0 Å². The molecule has 4 heteroatoms. The normalized spacial score (nSPS) is 10.8. The Bertz CT molecular complexity index is 438. The minimum atomic E-state index is 0.289. The topological polar surface area (TPSA) is 20.2 Å². The maximum atomic E-state index is 9.19. The average molecular weight is 311 g/mol. The molecule has 0 atom stereocenters. The van der Waals surface area contributed by atoms with E-state index in [1.165, 1.54) is 0 Å². The van der Waals surface area contributed by atoms with Crippen LogP contribution in [-0.4, -0.2) is 5.11 Å². The van der Waals surface area contributed by atoms with Crippen molar-refractivity contribution in [2.75, 3.05) is 0 Å². The van der Waals surface area contributed by atoms with Gasteiger partial charge >= 0.3 is 0 Å². The van der Waals surface area contributed by atoms with Crippen molar-refractivity contribution in [3.8, 4) is 5.75 Å². The minimum Gasteiger partial charge on any atom is -0.508 e. The van der Waals surface area contributed by atoms with Crippen LogP contribution < -0.4 is 0 Å². The summed E-state index contributed by atoms with van der Waals surface area (Å²) in [5, 5.41) is 11.0. The molecule has 0 aliphatic carbocycles. The highest BCUT2D eigenvalue weighted by Gasteiger charge is 2.07. The Morgan fingerprint density at radius 2 is 2.17 bits per heavy atom. The predicted molar refractivity (Wildman–Crippen MR) is 61.2 cm³/mol. The summed E-state index contributed by atoms with van der Waals surface area (Å²) in [5.41, 5.74) is 0. The number of phenols is 1. The Labute approximate surface area is 92.1 Å². The van der Waals surface area contributed by atoms with Crippen molar-refractivity contribution in [2.24, 2.45) is 0 Å². The summed E-state index contributed by atoms with van der Waals surface area (Å²) in [6.07, 6.45) is 0. The molecule has 0 unspecified atom stereocenters. The fourth-order valence-electron chi connectivity index (χ4n) is 1.02. The molecule has 0 fully saturated rings. The molecular weight excluding hydrogens is 307 g/mol. The van der Waals surface area contributed by atoms with E-state index in [9.17, 15) is 5.11 Å². The van der Waals surface area contributed by atoms with Crippen LogP contribution in [0.3, 0.4) is 0 Å². The summed E-state index contributed by atoms with van der Waals surface area (Å²) < 4.78 is 2.10. The zero-order chi connectivity index (χ0) is 8.72. The molecular formula is C8H4ClIOS. The fraction of sp³-hybridized carbons (Fsp3) is 0. The van der Waals surface area contributed by atoms with E-state index < -0.39 is 0 Å². The van der Waals surface area contributed by atoms with Crippen LogP contribution in [0.15, 0.2) is 18.2 Å². The van der Waals surface area contributed by atoms with Crippen LogP contribution in [0.4, 0.5) is 0 Å². The lowest BCUT2D eigenvalue weighted by atomic mass is 10.2. The summed E-state index contributed by atoms with van der Waals surface area (Å²) in [7, 11) is 0. The summed E-state index contributed by atoms with van der Waals surface area (Å²) in [6, 6.07) is 5.22. The van der Waals surface area contributed by atoms with Gasteiger partial charge in [-0.1, -0.05) is 11.6 Å². The molecule has 12 heavy (non-hydrogen) atoms. The van der Waals surface area contributed by atoms with Gasteiger partial charge in [0, 0.05) is 10.1 Å². The third kappa shape index (κ3) is 1.30. The van der Waals surface area contributed by atoms with E-state index in [0.717, 1.165) is 18.0 Å². The van der Waals surface area contributed by atoms with E-state index in [1.807, 2.05) is 6.07 Å². The molecule has 1 nitrogen and oxygen atoms in total. The SMILES string of the molecule is Oc1ccc2c(Cl)c(I)sc2c1. The molecule has 0 amide bonds. The third-order valence-corrected chi connectivity index (χ3v) is 4.54. The van der Waals surface area contributed by atoms with Gasteiger partial charge in [-0.05, 0) is 40.8 Å². The number of rotatable bonds is 0. The second-order valence-electron chi connectivity index (χ2n) is 2.37. The van der Waals surface area contributed by atoms with Crippen LogP contribution in [0, 0.1) is 2.88 Å². The van der Waals surface area contributed by atoms with Crippen LogP contribution >= 0.6 is 45.5 Å². The molecule has 62 valence electrons. The molecule has 1 heterocycles. The lowest BCUT2D eigenvalue weighted by Crippen LogP contribution is -1.64. The second kappa shape index (κ2) is 3.05. The van der Waals surface area contributed by atoms with Crippen molar-refractivity contribution < 1.29 is 5.11 Å². The Balaban J connectivity index is 2.87. The molecule has 0 spiro atoms. The molecule has 0 bridgehead atoms. The van der Waals surface area contributed by atoms with E-state index in [4.69, 9.17) is 11.6 Å². The van der Waals surface area contributed by atoms with E-state index in [1.54, 1.807) is 23.5 Å². The van der Waals surface area contributed by atoms with Gasteiger partial charge in [-0.3, -0.25) is 0 Å². The highest BCUT2D eigenvalue weighted by atomic mass is 127. The van der Waals surface area contributed by atoms with E-state index in [2.05, 4.69) is 22.6 Å². The maximum absolute atomic E-state index is 9.19. The number of fused-ring (bicyclic) bond motifs is 1. The number of hydrogen-bond acceptors (Lipinski definition) is 2. The molecule has 1 N–H and O–H groups in total. The van der Waals surface area contributed by atoms with Gasteiger partial charge in [-0.2, -0.15) is 0 Å². The van der Waals surface area contributed by atoms with Gasteiger partial charge in [0.1, 0.15) is 5.75 Å². The number of hydrogen-bond donors (Lipinski definition) is 1. The van der Waals surface area contributed by atoms with Crippen molar-refractivity contribution in [3.05, 3.63) is 26.1 Å². The number of aromatic hydroxyl groups is 1. The third-order valence-electron chi connectivity index (χ3n) is 1.57. The van der Waals surface area contributed by atoms with Gasteiger partial charge in [0.15, 0.2) is 0 Å². The van der Waals surface area contributed by atoms with Gasteiger partial charge in [0.2, 0.25) is 0 Å². The minimum absolute atomic E-state index is 0.289. The van der Waals surface area contributed by atoms with Crippen LogP contribution in [0.25, 0.3) is 10.1 Å². The molecule has 2 aromatic rings. The monoisotopic (exact) mass is 310 g/mol. The number of halogens is 2. The maximum Gasteiger partial charge on any atom is 0.117 e. The molecule has 2 rings (SSSR count). The molecule has 1 aromatic carbocycles. The van der Waals surface area contributed by atoms with Gasteiger partial charge < -0.3 is 5.11 Å². The summed E-state index contributed by atoms with van der Waals surface area (Å²) in [5.74, 6) is 0.289. The van der Waals surface area contributed by atoms with Crippen molar-refractivity contribution in [1.29, 1.82) is 0 Å². The molecule has 0 aliphatic rings. The summed E-state index contributed by atoms with van der Waals surface area (Å²) >= 11 is 9.80.